The molecule has 1 aromatic heterocycles. The number of hydrogen-bond donors (Lipinski definition) is 1. The van der Waals surface area contributed by atoms with Crippen LogP contribution in [0.5, 0.6) is 5.88 Å². The summed E-state index contributed by atoms with van der Waals surface area (Å²) in [6.45, 7) is 1.69. The summed E-state index contributed by atoms with van der Waals surface area (Å²) >= 11 is 5.74. The quantitative estimate of drug-likeness (QED) is 0.656. The smallest absolute Gasteiger partial charge is 0.253 e. The zero-order valence-corrected chi connectivity index (χ0v) is 17.3. The minimum absolute atomic E-state index is 0. The van der Waals surface area contributed by atoms with E-state index in [2.05, 4.69) is 10.3 Å². The lowest BCUT2D eigenvalue weighted by molar-refractivity contribution is 0.0433. The third-order valence-electron chi connectivity index (χ3n) is 4.72. The maximum atomic E-state index is 15.0. The number of benzene rings is 1. The summed E-state index contributed by atoms with van der Waals surface area (Å²) in [5.74, 6) is -0.301. The van der Waals surface area contributed by atoms with Crippen molar-refractivity contribution in [3.63, 3.8) is 0 Å². The molecule has 29 heavy (non-hydrogen) atoms. The molecule has 0 radical (unpaired) electrons. The van der Waals surface area contributed by atoms with Crippen LogP contribution in [0.3, 0.4) is 0 Å². The molecule has 9 heteroatoms. The molecule has 1 N–H and O–H groups in total. The largest absolute Gasteiger partial charge is 0.476 e. The summed E-state index contributed by atoms with van der Waals surface area (Å²) in [7, 11) is 0. The predicted octanol–water partition coefficient (Wildman–Crippen LogP) is 3.91. The minimum Gasteiger partial charge on any atom is -0.476 e. The van der Waals surface area contributed by atoms with Gasteiger partial charge in [-0.3, -0.25) is 4.79 Å². The molecule has 0 bridgehead atoms. The Labute approximate surface area is 179 Å². The van der Waals surface area contributed by atoms with Gasteiger partial charge < -0.3 is 15.0 Å². The predicted molar refractivity (Wildman–Crippen MR) is 110 cm³/mol. The normalized spacial score (nSPS) is 15.5. The van der Waals surface area contributed by atoms with E-state index in [-0.39, 0.29) is 42.7 Å². The van der Waals surface area contributed by atoms with E-state index < -0.39 is 11.5 Å². The van der Waals surface area contributed by atoms with Gasteiger partial charge >= 0.3 is 0 Å². The molecule has 1 aliphatic heterocycles. The lowest BCUT2D eigenvalue weighted by atomic mass is 9.93. The van der Waals surface area contributed by atoms with Crippen molar-refractivity contribution in [2.24, 2.45) is 0 Å². The van der Waals surface area contributed by atoms with Gasteiger partial charge in [0.25, 0.3) is 5.91 Å². The maximum Gasteiger partial charge on any atom is 0.253 e. The Morgan fingerprint density at radius 3 is 2.69 bits per heavy atom. The molecule has 5 nitrogen and oxygen atoms in total. The van der Waals surface area contributed by atoms with Crippen molar-refractivity contribution in [3.05, 3.63) is 59.0 Å². The number of hydrogen-bond acceptors (Lipinski definition) is 4. The molecular formula is C20H23Cl2F2N3O2. The third kappa shape index (κ3) is 6.52. The second-order valence-electron chi connectivity index (χ2n) is 6.77. The number of nitrogens with one attached hydrogen (secondary N) is 1. The van der Waals surface area contributed by atoms with Gasteiger partial charge in [0, 0.05) is 56.8 Å². The topological polar surface area (TPSA) is 54.5 Å². The molecular weight excluding hydrogens is 423 g/mol. The lowest BCUT2D eigenvalue weighted by Gasteiger charge is -2.36. The standard InChI is InChI=1S/C20H22ClF2N3O2.ClH/c21-16-13-15(4-5-17(16)22)19(27)26-10-6-20(23,7-11-26)14-24-9-12-28-18-3-1-2-8-25-18;/h1-5,8,13,24H,6-7,9-12,14H2;1H. The summed E-state index contributed by atoms with van der Waals surface area (Å²) in [5.41, 5.74) is -1.06. The fourth-order valence-electron chi connectivity index (χ4n) is 3.07. The summed E-state index contributed by atoms with van der Waals surface area (Å²) in [6, 6.07) is 9.26. The molecule has 1 aliphatic rings. The Morgan fingerprint density at radius 2 is 2.03 bits per heavy atom. The van der Waals surface area contributed by atoms with Gasteiger partial charge in [-0.15, -0.1) is 12.4 Å². The molecule has 0 saturated carbocycles. The van der Waals surface area contributed by atoms with E-state index in [0.29, 0.717) is 37.7 Å². The Kier molecular flexibility index (Phi) is 8.61. The van der Waals surface area contributed by atoms with Gasteiger partial charge in [-0.05, 0) is 24.3 Å². The molecule has 3 rings (SSSR count). The Bertz CT molecular complexity index is 804. The van der Waals surface area contributed by atoms with Crippen LogP contribution in [0.2, 0.25) is 5.02 Å². The Morgan fingerprint density at radius 1 is 1.28 bits per heavy atom. The Hall–Kier alpha value is -1.96. The van der Waals surface area contributed by atoms with Crippen LogP contribution in [0.1, 0.15) is 23.2 Å². The molecule has 0 aliphatic carbocycles. The first kappa shape index (κ1) is 23.3. The molecule has 1 amide bonds. The van der Waals surface area contributed by atoms with E-state index in [1.54, 1.807) is 23.2 Å². The van der Waals surface area contributed by atoms with Gasteiger partial charge in [0.1, 0.15) is 18.1 Å². The molecule has 2 heterocycles. The van der Waals surface area contributed by atoms with Gasteiger partial charge in [-0.1, -0.05) is 17.7 Å². The highest BCUT2D eigenvalue weighted by Crippen LogP contribution is 2.27. The van der Waals surface area contributed by atoms with Crippen LogP contribution in [0, 0.1) is 5.82 Å². The summed E-state index contributed by atoms with van der Waals surface area (Å²) < 4.78 is 33.7. The number of halogens is 4. The lowest BCUT2D eigenvalue weighted by Crippen LogP contribution is -2.49. The van der Waals surface area contributed by atoms with E-state index in [9.17, 15) is 13.6 Å². The van der Waals surface area contributed by atoms with Crippen molar-refractivity contribution in [2.45, 2.75) is 18.5 Å². The molecule has 0 spiro atoms. The van der Waals surface area contributed by atoms with Gasteiger partial charge in [-0.2, -0.15) is 0 Å². The first-order valence-corrected chi connectivity index (χ1v) is 9.52. The van der Waals surface area contributed by atoms with Crippen molar-refractivity contribution >= 4 is 29.9 Å². The van der Waals surface area contributed by atoms with Crippen LogP contribution in [0.15, 0.2) is 42.6 Å². The molecule has 1 fully saturated rings. The zero-order valence-electron chi connectivity index (χ0n) is 15.7. The summed E-state index contributed by atoms with van der Waals surface area (Å²) in [5, 5.41) is 2.97. The third-order valence-corrected chi connectivity index (χ3v) is 5.01. The van der Waals surface area contributed by atoms with E-state index in [1.807, 2.05) is 6.07 Å². The molecule has 2 aromatic rings. The number of alkyl halides is 1. The highest BCUT2D eigenvalue weighted by Gasteiger charge is 2.35. The van der Waals surface area contributed by atoms with Crippen LogP contribution in [0.25, 0.3) is 0 Å². The van der Waals surface area contributed by atoms with Crippen molar-refractivity contribution < 1.29 is 18.3 Å². The number of rotatable bonds is 7. The second kappa shape index (κ2) is 10.7. The molecule has 0 unspecified atom stereocenters. The van der Waals surface area contributed by atoms with Crippen LogP contribution in [-0.4, -0.2) is 54.2 Å². The van der Waals surface area contributed by atoms with Crippen molar-refractivity contribution in [1.29, 1.82) is 0 Å². The molecule has 0 atom stereocenters. The summed E-state index contributed by atoms with van der Waals surface area (Å²) in [6.07, 6.45) is 2.12. The zero-order chi connectivity index (χ0) is 20.0. The number of pyridine rings is 1. The summed E-state index contributed by atoms with van der Waals surface area (Å²) in [4.78, 5) is 18.1. The fraction of sp³-hybridized carbons (Fsp3) is 0.400. The molecule has 158 valence electrons. The minimum atomic E-state index is -1.37. The number of amides is 1. The highest BCUT2D eigenvalue weighted by molar-refractivity contribution is 6.31. The van der Waals surface area contributed by atoms with Gasteiger partial charge in [0.15, 0.2) is 0 Å². The van der Waals surface area contributed by atoms with E-state index >= 15 is 0 Å². The van der Waals surface area contributed by atoms with Gasteiger partial charge in [0.05, 0.1) is 5.02 Å². The molecule has 1 aromatic carbocycles. The number of ether oxygens (including phenoxy) is 1. The SMILES string of the molecule is Cl.O=C(c1ccc(F)c(Cl)c1)N1CCC(F)(CNCCOc2ccccn2)CC1. The Balaban J connectivity index is 0.00000300. The highest BCUT2D eigenvalue weighted by atomic mass is 35.5. The van der Waals surface area contributed by atoms with Crippen LogP contribution < -0.4 is 10.1 Å². The number of carbonyl (C=O) groups excluding carboxylic acids is 1. The van der Waals surface area contributed by atoms with E-state index in [4.69, 9.17) is 16.3 Å². The number of piperidine rings is 1. The number of aromatic nitrogens is 1. The van der Waals surface area contributed by atoms with Crippen LogP contribution in [-0.2, 0) is 0 Å². The van der Waals surface area contributed by atoms with Crippen molar-refractivity contribution in [1.82, 2.24) is 15.2 Å². The average molecular weight is 446 g/mol. The maximum absolute atomic E-state index is 15.0. The number of likely N-dealkylation sites (tertiary alicyclic amines) is 1. The van der Waals surface area contributed by atoms with Gasteiger partial charge in [0.2, 0.25) is 5.88 Å². The number of nitrogens with zero attached hydrogens (tertiary/aromatic N) is 2. The van der Waals surface area contributed by atoms with E-state index in [0.717, 1.165) is 6.07 Å². The first-order valence-electron chi connectivity index (χ1n) is 9.15. The van der Waals surface area contributed by atoms with Crippen molar-refractivity contribution in [3.8, 4) is 5.88 Å². The fourth-order valence-corrected chi connectivity index (χ4v) is 3.25. The first-order chi connectivity index (χ1) is 13.5. The van der Waals surface area contributed by atoms with Crippen molar-refractivity contribution in [2.75, 3.05) is 32.8 Å². The van der Waals surface area contributed by atoms with Gasteiger partial charge in [-0.25, -0.2) is 13.8 Å². The van der Waals surface area contributed by atoms with E-state index in [1.165, 1.54) is 12.1 Å². The van der Waals surface area contributed by atoms with Crippen LogP contribution >= 0.6 is 24.0 Å². The number of carbonyl (C=O) groups is 1. The van der Waals surface area contributed by atoms with Crippen LogP contribution in [0.4, 0.5) is 8.78 Å². The second-order valence-corrected chi connectivity index (χ2v) is 7.17. The molecule has 1 saturated heterocycles. The average Bonchev–Trinajstić information content (AvgIpc) is 2.71. The monoisotopic (exact) mass is 445 g/mol.